The molecular weight excluding hydrogens is 210 g/mol. The van der Waals surface area contributed by atoms with E-state index in [4.69, 9.17) is 0 Å². The highest BCUT2D eigenvalue weighted by molar-refractivity contribution is 7.00. The second kappa shape index (κ2) is 3.23. The van der Waals surface area contributed by atoms with Gasteiger partial charge in [0.05, 0.1) is 17.2 Å². The van der Waals surface area contributed by atoms with Gasteiger partial charge in [0.1, 0.15) is 16.6 Å². The van der Waals surface area contributed by atoms with Gasteiger partial charge < -0.3 is 0 Å². The number of benzene rings is 1. The van der Waals surface area contributed by atoms with Gasteiger partial charge >= 0.3 is 0 Å². The van der Waals surface area contributed by atoms with E-state index in [1.54, 1.807) is 0 Å². The summed E-state index contributed by atoms with van der Waals surface area (Å²) in [6.45, 7) is 3.01. The zero-order chi connectivity index (χ0) is 10.3. The molecule has 0 unspecified atom stereocenters. The largest absolute Gasteiger partial charge is 0.245 e. The van der Waals surface area contributed by atoms with Crippen LogP contribution < -0.4 is 0 Å². The molecule has 0 saturated carbocycles. The molecule has 6 heteroatoms. The van der Waals surface area contributed by atoms with Crippen molar-refractivity contribution in [1.29, 1.82) is 0 Å². The Balaban J connectivity index is 2.35. The standard InChI is InChI=1S/C9H9N5S/c1-2-5-14-7-4-3-6-8(12-15-11-6)9(7)10-13-14/h3-4H,2,5H2,1H3. The molecule has 0 spiro atoms. The molecule has 76 valence electrons. The fourth-order valence-electron chi connectivity index (χ4n) is 1.66. The number of aryl methyl sites for hydroxylation is 1. The van der Waals surface area contributed by atoms with Crippen molar-refractivity contribution in [2.24, 2.45) is 0 Å². The summed E-state index contributed by atoms with van der Waals surface area (Å²) < 4.78 is 10.3. The summed E-state index contributed by atoms with van der Waals surface area (Å²) in [5.74, 6) is 0. The van der Waals surface area contributed by atoms with Gasteiger partial charge in [-0.05, 0) is 18.6 Å². The fourth-order valence-corrected chi connectivity index (χ4v) is 2.20. The van der Waals surface area contributed by atoms with Crippen LogP contribution in [0, 0.1) is 0 Å². The molecule has 15 heavy (non-hydrogen) atoms. The van der Waals surface area contributed by atoms with Crippen molar-refractivity contribution >= 4 is 33.8 Å². The first-order chi connectivity index (χ1) is 7.40. The molecule has 3 rings (SSSR count). The molecule has 2 aromatic heterocycles. The lowest BCUT2D eigenvalue weighted by molar-refractivity contribution is 0.596. The Bertz CT molecular complexity index is 611. The molecule has 0 aliphatic heterocycles. The summed E-state index contributed by atoms with van der Waals surface area (Å²) in [4.78, 5) is 0. The number of rotatable bonds is 2. The van der Waals surface area contributed by atoms with Crippen LogP contribution in [0.5, 0.6) is 0 Å². The minimum atomic E-state index is 0.856. The molecule has 2 heterocycles. The predicted octanol–water partition coefficient (Wildman–Crippen LogP) is 1.85. The van der Waals surface area contributed by atoms with Crippen LogP contribution in [0.1, 0.15) is 13.3 Å². The van der Waals surface area contributed by atoms with E-state index in [0.29, 0.717) is 0 Å². The molecule has 0 N–H and O–H groups in total. The van der Waals surface area contributed by atoms with Gasteiger partial charge in [-0.2, -0.15) is 8.75 Å². The quantitative estimate of drug-likeness (QED) is 0.660. The third kappa shape index (κ3) is 1.21. The van der Waals surface area contributed by atoms with Crippen molar-refractivity contribution in [3.8, 4) is 0 Å². The highest BCUT2D eigenvalue weighted by Crippen LogP contribution is 2.21. The number of hydrogen-bond donors (Lipinski definition) is 0. The topological polar surface area (TPSA) is 56.5 Å². The van der Waals surface area contributed by atoms with Gasteiger partial charge in [0.15, 0.2) is 0 Å². The van der Waals surface area contributed by atoms with E-state index < -0.39 is 0 Å². The predicted molar refractivity (Wildman–Crippen MR) is 58.8 cm³/mol. The number of aromatic nitrogens is 5. The zero-order valence-corrected chi connectivity index (χ0v) is 9.03. The average Bonchev–Trinajstić information content (AvgIpc) is 2.83. The second-order valence-electron chi connectivity index (χ2n) is 3.38. The molecule has 0 fully saturated rings. The molecule has 3 aromatic rings. The number of fused-ring (bicyclic) bond motifs is 3. The van der Waals surface area contributed by atoms with Gasteiger partial charge in [-0.3, -0.25) is 0 Å². The molecule has 1 aromatic carbocycles. The van der Waals surface area contributed by atoms with Crippen molar-refractivity contribution < 1.29 is 0 Å². The molecule has 5 nitrogen and oxygen atoms in total. The van der Waals surface area contributed by atoms with Crippen molar-refractivity contribution in [1.82, 2.24) is 23.7 Å². The number of hydrogen-bond acceptors (Lipinski definition) is 5. The molecule has 0 saturated heterocycles. The first-order valence-electron chi connectivity index (χ1n) is 4.84. The summed E-state index contributed by atoms with van der Waals surface area (Å²) in [5, 5.41) is 8.27. The Hall–Kier alpha value is -1.56. The lowest BCUT2D eigenvalue weighted by Gasteiger charge is -1.97. The maximum absolute atomic E-state index is 4.24. The molecule has 0 amide bonds. The van der Waals surface area contributed by atoms with Crippen LogP contribution in [0.3, 0.4) is 0 Å². The van der Waals surface area contributed by atoms with E-state index in [1.165, 1.54) is 11.7 Å². The van der Waals surface area contributed by atoms with Gasteiger partial charge in [-0.25, -0.2) is 4.68 Å². The summed E-state index contributed by atoms with van der Waals surface area (Å²) in [6.07, 6.45) is 1.05. The Morgan fingerprint density at radius 2 is 2.20 bits per heavy atom. The van der Waals surface area contributed by atoms with Crippen LogP contribution in [0.2, 0.25) is 0 Å². The Morgan fingerprint density at radius 3 is 3.07 bits per heavy atom. The van der Waals surface area contributed by atoms with Crippen LogP contribution in [0.15, 0.2) is 12.1 Å². The first kappa shape index (κ1) is 8.72. The van der Waals surface area contributed by atoms with Gasteiger partial charge in [0.25, 0.3) is 0 Å². The van der Waals surface area contributed by atoms with Crippen LogP contribution in [-0.2, 0) is 6.54 Å². The smallest absolute Gasteiger partial charge is 0.142 e. The van der Waals surface area contributed by atoms with Crippen LogP contribution in [0.4, 0.5) is 0 Å². The van der Waals surface area contributed by atoms with Crippen LogP contribution in [-0.4, -0.2) is 23.7 Å². The monoisotopic (exact) mass is 219 g/mol. The molecule has 0 aliphatic carbocycles. The summed E-state index contributed by atoms with van der Waals surface area (Å²) >= 11 is 1.21. The highest BCUT2D eigenvalue weighted by Gasteiger charge is 2.10. The average molecular weight is 219 g/mol. The fraction of sp³-hybridized carbons (Fsp3) is 0.333. The summed E-state index contributed by atoms with van der Waals surface area (Å²) in [7, 11) is 0. The summed E-state index contributed by atoms with van der Waals surface area (Å²) in [5.41, 5.74) is 3.66. The van der Waals surface area contributed by atoms with E-state index in [2.05, 4.69) is 26.0 Å². The first-order valence-corrected chi connectivity index (χ1v) is 5.57. The second-order valence-corrected chi connectivity index (χ2v) is 3.91. The van der Waals surface area contributed by atoms with E-state index in [-0.39, 0.29) is 0 Å². The molecular formula is C9H9N5S. The third-order valence-electron chi connectivity index (χ3n) is 2.35. The SMILES string of the molecule is CCCn1nnc2c3nsnc3ccc21. The Morgan fingerprint density at radius 1 is 1.27 bits per heavy atom. The zero-order valence-electron chi connectivity index (χ0n) is 8.21. The molecule has 0 radical (unpaired) electrons. The van der Waals surface area contributed by atoms with Crippen LogP contribution in [0.25, 0.3) is 22.1 Å². The maximum atomic E-state index is 4.24. The minimum Gasteiger partial charge on any atom is -0.245 e. The maximum Gasteiger partial charge on any atom is 0.142 e. The van der Waals surface area contributed by atoms with Gasteiger partial charge in [0.2, 0.25) is 0 Å². The van der Waals surface area contributed by atoms with Gasteiger partial charge in [0, 0.05) is 6.54 Å². The normalized spacial score (nSPS) is 11.5. The van der Waals surface area contributed by atoms with Crippen molar-refractivity contribution in [2.45, 2.75) is 19.9 Å². The van der Waals surface area contributed by atoms with Crippen molar-refractivity contribution in [3.63, 3.8) is 0 Å². The highest BCUT2D eigenvalue weighted by atomic mass is 32.1. The minimum absolute atomic E-state index is 0.856. The van der Waals surface area contributed by atoms with Gasteiger partial charge in [-0.15, -0.1) is 5.10 Å². The van der Waals surface area contributed by atoms with Gasteiger partial charge in [-0.1, -0.05) is 12.1 Å². The molecule has 0 bridgehead atoms. The lowest BCUT2D eigenvalue weighted by atomic mass is 10.2. The van der Waals surface area contributed by atoms with Crippen LogP contribution >= 0.6 is 11.7 Å². The molecule has 0 aliphatic rings. The van der Waals surface area contributed by atoms with Crippen molar-refractivity contribution in [3.05, 3.63) is 12.1 Å². The lowest BCUT2D eigenvalue weighted by Crippen LogP contribution is -1.98. The Kier molecular flexibility index (Phi) is 1.88. The van der Waals surface area contributed by atoms with Crippen molar-refractivity contribution in [2.75, 3.05) is 0 Å². The molecule has 0 atom stereocenters. The summed E-state index contributed by atoms with van der Waals surface area (Å²) in [6, 6.07) is 3.98. The van der Waals surface area contributed by atoms with E-state index in [1.807, 2.05) is 16.8 Å². The Labute approximate surface area is 90.0 Å². The number of nitrogens with zero attached hydrogens (tertiary/aromatic N) is 5. The van der Waals surface area contributed by atoms with E-state index >= 15 is 0 Å². The third-order valence-corrected chi connectivity index (χ3v) is 2.89. The van der Waals surface area contributed by atoms with E-state index in [0.717, 1.165) is 35.0 Å². The van der Waals surface area contributed by atoms with E-state index in [9.17, 15) is 0 Å².